The molecule has 3 unspecified atom stereocenters. The van der Waals surface area contributed by atoms with Gasteiger partial charge in [0.15, 0.2) is 0 Å². The Morgan fingerprint density at radius 3 is 2.89 bits per heavy atom. The number of amides is 1. The number of thioether (sulfide) groups is 1. The van der Waals surface area contributed by atoms with Crippen LogP contribution in [0.15, 0.2) is 0 Å². The van der Waals surface area contributed by atoms with E-state index in [1.807, 2.05) is 11.8 Å². The van der Waals surface area contributed by atoms with Gasteiger partial charge in [0.25, 0.3) is 0 Å². The van der Waals surface area contributed by atoms with Gasteiger partial charge in [-0.3, -0.25) is 4.79 Å². The first-order valence-electron chi connectivity index (χ1n) is 7.58. The Hall–Kier alpha value is -0.260. The summed E-state index contributed by atoms with van der Waals surface area (Å²) < 4.78 is 5.73. The van der Waals surface area contributed by atoms with Crippen molar-refractivity contribution in [3.8, 4) is 0 Å². The lowest BCUT2D eigenvalue weighted by molar-refractivity contribution is -0.136. The van der Waals surface area contributed by atoms with E-state index in [1.165, 1.54) is 5.75 Å². The molecule has 4 nitrogen and oxygen atoms in total. The second-order valence-corrected chi connectivity index (χ2v) is 6.94. The van der Waals surface area contributed by atoms with Crippen molar-refractivity contribution in [2.24, 2.45) is 0 Å². The molecule has 3 atom stereocenters. The van der Waals surface area contributed by atoms with Crippen LogP contribution in [0.25, 0.3) is 0 Å². The van der Waals surface area contributed by atoms with Crippen molar-refractivity contribution in [1.82, 2.24) is 10.2 Å². The highest BCUT2D eigenvalue weighted by atomic mass is 32.2. The zero-order valence-electron chi connectivity index (χ0n) is 11.5. The number of carbonyl (C=O) groups is 1. The zero-order chi connectivity index (χ0) is 13.1. The highest BCUT2D eigenvalue weighted by molar-refractivity contribution is 7.99. The van der Waals surface area contributed by atoms with E-state index < -0.39 is 0 Å². The topological polar surface area (TPSA) is 41.6 Å². The maximum absolute atomic E-state index is 12.7. The number of hydrogen-bond donors (Lipinski definition) is 1. The van der Waals surface area contributed by atoms with E-state index in [0.717, 1.165) is 57.6 Å². The van der Waals surface area contributed by atoms with Crippen LogP contribution in [0.4, 0.5) is 0 Å². The van der Waals surface area contributed by atoms with Crippen molar-refractivity contribution in [3.05, 3.63) is 0 Å². The molecule has 108 valence electrons. The lowest BCUT2D eigenvalue weighted by Gasteiger charge is -2.32. The van der Waals surface area contributed by atoms with Crippen molar-refractivity contribution in [2.45, 2.75) is 50.3 Å². The Kier molecular flexibility index (Phi) is 4.66. The fourth-order valence-electron chi connectivity index (χ4n) is 3.29. The third kappa shape index (κ3) is 3.26. The second-order valence-electron chi connectivity index (χ2n) is 5.79. The van der Waals surface area contributed by atoms with Gasteiger partial charge in [-0.15, -0.1) is 0 Å². The van der Waals surface area contributed by atoms with Crippen molar-refractivity contribution < 1.29 is 9.53 Å². The summed E-state index contributed by atoms with van der Waals surface area (Å²) in [6.45, 7) is 2.67. The highest BCUT2D eigenvalue weighted by Crippen LogP contribution is 2.26. The van der Waals surface area contributed by atoms with Crippen LogP contribution in [-0.2, 0) is 9.53 Å². The van der Waals surface area contributed by atoms with E-state index in [4.69, 9.17) is 4.74 Å². The molecule has 5 heteroatoms. The highest BCUT2D eigenvalue weighted by Gasteiger charge is 2.34. The molecule has 0 aliphatic carbocycles. The number of nitrogens with zero attached hydrogens (tertiary/aromatic N) is 1. The summed E-state index contributed by atoms with van der Waals surface area (Å²) in [4.78, 5) is 14.9. The lowest BCUT2D eigenvalue weighted by atomic mass is 10.1. The molecule has 3 saturated heterocycles. The molecule has 3 rings (SSSR count). The molecule has 1 N–H and O–H groups in total. The van der Waals surface area contributed by atoms with Crippen LogP contribution < -0.4 is 5.32 Å². The van der Waals surface area contributed by atoms with Gasteiger partial charge in [0.1, 0.15) is 0 Å². The normalized spacial score (nSPS) is 34.8. The molecule has 0 aromatic carbocycles. The van der Waals surface area contributed by atoms with Gasteiger partial charge < -0.3 is 15.0 Å². The van der Waals surface area contributed by atoms with E-state index in [2.05, 4.69) is 10.2 Å². The molecule has 3 heterocycles. The average Bonchev–Trinajstić information content (AvgIpc) is 3.15. The second kappa shape index (κ2) is 6.46. The Morgan fingerprint density at radius 1 is 1.32 bits per heavy atom. The summed E-state index contributed by atoms with van der Waals surface area (Å²) in [5.74, 6) is 2.61. The molecule has 0 aromatic heterocycles. The van der Waals surface area contributed by atoms with Crippen molar-refractivity contribution in [1.29, 1.82) is 0 Å². The monoisotopic (exact) mass is 284 g/mol. The van der Waals surface area contributed by atoms with E-state index in [1.54, 1.807) is 0 Å². The molecule has 0 saturated carbocycles. The minimum absolute atomic E-state index is 0.0620. The minimum atomic E-state index is 0.0620. The van der Waals surface area contributed by atoms with Crippen LogP contribution >= 0.6 is 11.8 Å². The first-order valence-corrected chi connectivity index (χ1v) is 8.73. The van der Waals surface area contributed by atoms with Crippen molar-refractivity contribution >= 4 is 17.7 Å². The molecular weight excluding hydrogens is 260 g/mol. The predicted molar refractivity (Wildman–Crippen MR) is 77.4 cm³/mol. The maximum Gasteiger partial charge on any atom is 0.240 e. The van der Waals surface area contributed by atoms with Gasteiger partial charge in [-0.2, -0.15) is 11.8 Å². The van der Waals surface area contributed by atoms with Crippen LogP contribution in [0.3, 0.4) is 0 Å². The fourth-order valence-corrected chi connectivity index (χ4v) is 4.51. The van der Waals surface area contributed by atoms with Crippen LogP contribution in [-0.4, -0.2) is 60.2 Å². The molecular formula is C14H24N2O2S. The van der Waals surface area contributed by atoms with E-state index in [-0.39, 0.29) is 12.1 Å². The Balaban J connectivity index is 1.65. The summed E-state index contributed by atoms with van der Waals surface area (Å²) >= 11 is 1.97. The Morgan fingerprint density at radius 2 is 2.26 bits per heavy atom. The van der Waals surface area contributed by atoms with Gasteiger partial charge in [0.2, 0.25) is 5.91 Å². The Bertz CT molecular complexity index is 309. The van der Waals surface area contributed by atoms with E-state index in [0.29, 0.717) is 11.9 Å². The van der Waals surface area contributed by atoms with E-state index >= 15 is 0 Å². The molecule has 0 spiro atoms. The molecule has 0 radical (unpaired) electrons. The molecule has 3 fully saturated rings. The summed E-state index contributed by atoms with van der Waals surface area (Å²) in [6.07, 6.45) is 5.81. The molecule has 0 aromatic rings. The molecule has 19 heavy (non-hydrogen) atoms. The first-order chi connectivity index (χ1) is 9.34. The summed E-state index contributed by atoms with van der Waals surface area (Å²) in [5.41, 5.74) is 0. The minimum Gasteiger partial charge on any atom is -0.376 e. The number of nitrogens with one attached hydrogen (secondary N) is 1. The van der Waals surface area contributed by atoms with Crippen LogP contribution in [0, 0.1) is 0 Å². The largest absolute Gasteiger partial charge is 0.376 e. The summed E-state index contributed by atoms with van der Waals surface area (Å²) in [5, 5.41) is 3.35. The third-order valence-electron chi connectivity index (χ3n) is 4.41. The number of rotatable bonds is 4. The van der Waals surface area contributed by atoms with Crippen LogP contribution in [0.1, 0.15) is 32.1 Å². The van der Waals surface area contributed by atoms with Crippen molar-refractivity contribution in [2.75, 3.05) is 31.2 Å². The fraction of sp³-hybridized carbons (Fsp3) is 0.929. The molecule has 1 amide bonds. The average molecular weight is 284 g/mol. The number of carbonyl (C=O) groups excluding carboxylic acids is 1. The number of ether oxygens (including phenoxy) is 1. The molecule has 0 bridgehead atoms. The van der Waals surface area contributed by atoms with Gasteiger partial charge in [-0.25, -0.2) is 0 Å². The van der Waals surface area contributed by atoms with Gasteiger partial charge >= 0.3 is 0 Å². The quantitative estimate of drug-likeness (QED) is 0.844. The predicted octanol–water partition coefficient (Wildman–Crippen LogP) is 1.25. The standard InChI is InChI=1S/C14H24N2O2S/c17-14(13-4-1-6-15-13)16(11-5-8-19-10-11)9-12-3-2-7-18-12/h11-13,15H,1-10H2. The van der Waals surface area contributed by atoms with E-state index in [9.17, 15) is 4.79 Å². The van der Waals surface area contributed by atoms with Gasteiger partial charge in [-0.05, 0) is 44.4 Å². The van der Waals surface area contributed by atoms with Gasteiger partial charge in [0.05, 0.1) is 12.1 Å². The number of hydrogen-bond acceptors (Lipinski definition) is 4. The summed E-state index contributed by atoms with van der Waals surface area (Å²) in [6, 6.07) is 0.496. The van der Waals surface area contributed by atoms with Gasteiger partial charge in [-0.1, -0.05) is 0 Å². The third-order valence-corrected chi connectivity index (χ3v) is 5.56. The van der Waals surface area contributed by atoms with Gasteiger partial charge in [0, 0.05) is 24.9 Å². The first kappa shape index (κ1) is 13.7. The van der Waals surface area contributed by atoms with Crippen LogP contribution in [0.5, 0.6) is 0 Å². The SMILES string of the molecule is O=C(C1CCCN1)N(CC1CCCO1)C1CCSC1. The lowest BCUT2D eigenvalue weighted by Crippen LogP contribution is -2.51. The maximum atomic E-state index is 12.7. The molecule has 3 aliphatic heterocycles. The Labute approximate surface area is 119 Å². The zero-order valence-corrected chi connectivity index (χ0v) is 12.3. The summed E-state index contributed by atoms with van der Waals surface area (Å²) in [7, 11) is 0. The van der Waals surface area contributed by atoms with Crippen molar-refractivity contribution in [3.63, 3.8) is 0 Å². The smallest absolute Gasteiger partial charge is 0.240 e. The molecule has 3 aliphatic rings. The van der Waals surface area contributed by atoms with Crippen LogP contribution in [0.2, 0.25) is 0 Å².